The molecule has 0 aromatic carbocycles. The van der Waals surface area contributed by atoms with Gasteiger partial charge in [0.15, 0.2) is 0 Å². The highest BCUT2D eigenvalue weighted by atomic mass is 35.5. The molecule has 1 rings (SSSR count). The normalized spacial score (nSPS) is 13.0. The number of ether oxygens (including phenoxy) is 1. The maximum atomic E-state index is 12.5. The molecule has 0 saturated heterocycles. The van der Waals surface area contributed by atoms with Crippen molar-refractivity contribution in [3.8, 4) is 0 Å². The van der Waals surface area contributed by atoms with Gasteiger partial charge in [-0.25, -0.2) is 0 Å². The zero-order chi connectivity index (χ0) is 16.4. The Morgan fingerprint density at radius 3 is 2.29 bits per heavy atom. The van der Waals surface area contributed by atoms with E-state index in [0.717, 1.165) is 6.20 Å². The lowest BCUT2D eigenvalue weighted by molar-refractivity contribution is -0.265. The maximum absolute atomic E-state index is 12.5. The minimum Gasteiger partial charge on any atom is -0.383 e. The van der Waals surface area contributed by atoms with E-state index >= 15 is 0 Å². The summed E-state index contributed by atoms with van der Waals surface area (Å²) in [5.41, 5.74) is -0.951. The van der Waals surface area contributed by atoms with Gasteiger partial charge in [-0.1, -0.05) is 11.6 Å². The number of hydrogen-bond acceptors (Lipinski definition) is 3. The Hall–Kier alpha value is -1.29. The molecule has 1 aromatic rings. The molecule has 21 heavy (non-hydrogen) atoms. The van der Waals surface area contributed by atoms with Crippen molar-refractivity contribution in [2.75, 3.05) is 13.7 Å². The predicted molar refractivity (Wildman–Crippen MR) is 59.0 cm³/mol. The Kier molecular flexibility index (Phi) is 5.26. The molecular weight excluding hydrogens is 330 g/mol. The lowest BCUT2D eigenvalue weighted by Crippen LogP contribution is -2.43. The summed E-state index contributed by atoms with van der Waals surface area (Å²) in [6.45, 7) is -0.284. The van der Waals surface area contributed by atoms with Crippen molar-refractivity contribution in [1.29, 1.82) is 0 Å². The summed E-state index contributed by atoms with van der Waals surface area (Å²) in [6, 6.07) is 0. The van der Waals surface area contributed by atoms with Crippen LogP contribution in [0.5, 0.6) is 0 Å². The van der Waals surface area contributed by atoms with Crippen LogP contribution >= 0.6 is 11.6 Å². The van der Waals surface area contributed by atoms with E-state index in [9.17, 15) is 31.1 Å². The van der Waals surface area contributed by atoms with Crippen LogP contribution in [-0.4, -0.2) is 41.6 Å². The van der Waals surface area contributed by atoms with Gasteiger partial charge in [-0.2, -0.15) is 31.4 Å². The van der Waals surface area contributed by atoms with Gasteiger partial charge in [-0.3, -0.25) is 9.48 Å². The standard InChI is InChI=1S/C10H9ClF6N2O2/c1-21-3-2-19-6(5(11)4-18-19)7(20)8(9(12,13)14)10(15,16)17/h4,8H,2-3H2,1H3. The van der Waals surface area contributed by atoms with Crippen molar-refractivity contribution < 1.29 is 35.9 Å². The Balaban J connectivity index is 3.25. The quantitative estimate of drug-likeness (QED) is 0.612. The molecule has 4 nitrogen and oxygen atoms in total. The van der Waals surface area contributed by atoms with Gasteiger partial charge in [0.1, 0.15) is 5.69 Å². The third-order valence-corrected chi connectivity index (χ3v) is 2.73. The number of aromatic nitrogens is 2. The third-order valence-electron chi connectivity index (χ3n) is 2.45. The highest BCUT2D eigenvalue weighted by molar-refractivity contribution is 6.33. The van der Waals surface area contributed by atoms with Crippen molar-refractivity contribution in [1.82, 2.24) is 9.78 Å². The minimum atomic E-state index is -5.78. The van der Waals surface area contributed by atoms with Crippen LogP contribution in [0.15, 0.2) is 6.20 Å². The van der Waals surface area contributed by atoms with E-state index in [1.807, 2.05) is 0 Å². The van der Waals surface area contributed by atoms with Gasteiger partial charge in [-0.15, -0.1) is 0 Å². The van der Waals surface area contributed by atoms with Crippen LogP contribution in [0.25, 0.3) is 0 Å². The second kappa shape index (κ2) is 6.22. The monoisotopic (exact) mass is 338 g/mol. The smallest absolute Gasteiger partial charge is 0.383 e. The van der Waals surface area contributed by atoms with Crippen molar-refractivity contribution in [2.45, 2.75) is 18.9 Å². The van der Waals surface area contributed by atoms with Crippen LogP contribution in [0.4, 0.5) is 26.3 Å². The van der Waals surface area contributed by atoms with Crippen molar-refractivity contribution in [3.05, 3.63) is 16.9 Å². The van der Waals surface area contributed by atoms with Gasteiger partial charge in [-0.05, 0) is 0 Å². The van der Waals surface area contributed by atoms with Crippen molar-refractivity contribution >= 4 is 17.4 Å². The lowest BCUT2D eigenvalue weighted by Gasteiger charge is -2.22. The molecule has 0 aliphatic carbocycles. The highest BCUT2D eigenvalue weighted by Crippen LogP contribution is 2.41. The molecule has 0 N–H and O–H groups in total. The molecule has 1 aromatic heterocycles. The Morgan fingerprint density at radius 1 is 1.33 bits per heavy atom. The first-order valence-electron chi connectivity index (χ1n) is 5.38. The number of nitrogens with zero attached hydrogens (tertiary/aromatic N) is 2. The molecule has 0 atom stereocenters. The molecule has 0 unspecified atom stereocenters. The highest BCUT2D eigenvalue weighted by Gasteiger charge is 2.61. The first-order valence-corrected chi connectivity index (χ1v) is 5.75. The van der Waals surface area contributed by atoms with Crippen LogP contribution in [0, 0.1) is 5.92 Å². The summed E-state index contributed by atoms with van der Waals surface area (Å²) >= 11 is 5.48. The summed E-state index contributed by atoms with van der Waals surface area (Å²) in [7, 11) is 1.26. The average Bonchev–Trinajstić information content (AvgIpc) is 2.63. The summed E-state index contributed by atoms with van der Waals surface area (Å²) in [5, 5.41) is 2.88. The minimum absolute atomic E-state index is 0.0685. The van der Waals surface area contributed by atoms with Crippen molar-refractivity contribution in [3.63, 3.8) is 0 Å². The van der Waals surface area contributed by atoms with Crippen LogP contribution in [0.3, 0.4) is 0 Å². The Labute approximate surface area is 119 Å². The SMILES string of the molecule is COCCn1ncc(Cl)c1C(=O)C(C(F)(F)F)C(F)(F)F. The molecule has 0 saturated carbocycles. The van der Waals surface area contributed by atoms with Crippen molar-refractivity contribution in [2.24, 2.45) is 5.92 Å². The summed E-state index contributed by atoms with van der Waals surface area (Å²) in [4.78, 5) is 11.7. The number of methoxy groups -OCH3 is 1. The number of carbonyl (C=O) groups excluding carboxylic acids is 1. The number of carbonyl (C=O) groups is 1. The number of halogens is 7. The molecule has 11 heteroatoms. The van der Waals surface area contributed by atoms with Gasteiger partial charge in [0.25, 0.3) is 0 Å². The maximum Gasteiger partial charge on any atom is 0.407 e. The summed E-state index contributed by atoms with van der Waals surface area (Å²) in [5.74, 6) is -6.35. The molecule has 0 aliphatic heterocycles. The molecule has 0 spiro atoms. The van der Waals surface area contributed by atoms with Gasteiger partial charge >= 0.3 is 12.4 Å². The van der Waals surface area contributed by atoms with E-state index in [0.29, 0.717) is 4.68 Å². The van der Waals surface area contributed by atoms with Gasteiger partial charge in [0.05, 0.1) is 24.4 Å². The fourth-order valence-electron chi connectivity index (χ4n) is 1.57. The summed E-state index contributed by atoms with van der Waals surface area (Å²) in [6.07, 6.45) is -10.8. The lowest BCUT2D eigenvalue weighted by atomic mass is 10.00. The number of ketones is 1. The zero-order valence-electron chi connectivity index (χ0n) is 10.4. The molecule has 0 amide bonds. The van der Waals surface area contributed by atoms with Gasteiger partial charge in [0, 0.05) is 7.11 Å². The first kappa shape index (κ1) is 17.8. The fourth-order valence-corrected chi connectivity index (χ4v) is 1.81. The molecule has 120 valence electrons. The second-order valence-corrected chi connectivity index (χ2v) is 4.34. The predicted octanol–water partition coefficient (Wildman–Crippen LogP) is 3.11. The first-order chi connectivity index (χ1) is 9.50. The largest absolute Gasteiger partial charge is 0.407 e. The fraction of sp³-hybridized carbons (Fsp3) is 0.600. The molecule has 0 fully saturated rings. The number of Topliss-reactive ketones (excluding diaryl/α,β-unsaturated/α-hetero) is 1. The molecule has 1 heterocycles. The average molecular weight is 339 g/mol. The van der Waals surface area contributed by atoms with Gasteiger partial charge in [0.2, 0.25) is 11.7 Å². The molecule has 0 aliphatic rings. The van der Waals surface area contributed by atoms with E-state index in [1.54, 1.807) is 0 Å². The van der Waals surface area contributed by atoms with Crippen LogP contribution in [-0.2, 0) is 11.3 Å². The van der Waals surface area contributed by atoms with Crippen LogP contribution < -0.4 is 0 Å². The van der Waals surface area contributed by atoms with Crippen LogP contribution in [0.2, 0.25) is 5.02 Å². The molecule has 0 radical (unpaired) electrons. The summed E-state index contributed by atoms with van der Waals surface area (Å²) < 4.78 is 80.5. The molecular formula is C10H9ClF6N2O2. The second-order valence-electron chi connectivity index (χ2n) is 3.94. The topological polar surface area (TPSA) is 44.1 Å². The molecule has 0 bridgehead atoms. The Bertz CT molecular complexity index is 497. The van der Waals surface area contributed by atoms with E-state index in [1.165, 1.54) is 7.11 Å². The van der Waals surface area contributed by atoms with E-state index < -0.39 is 34.8 Å². The number of alkyl halides is 6. The van der Waals surface area contributed by atoms with E-state index in [4.69, 9.17) is 11.6 Å². The van der Waals surface area contributed by atoms with Gasteiger partial charge < -0.3 is 4.74 Å². The Morgan fingerprint density at radius 2 is 1.86 bits per heavy atom. The number of rotatable bonds is 5. The number of hydrogen-bond donors (Lipinski definition) is 0. The van der Waals surface area contributed by atoms with Crippen LogP contribution in [0.1, 0.15) is 10.5 Å². The van der Waals surface area contributed by atoms with E-state index in [-0.39, 0.29) is 13.2 Å². The zero-order valence-corrected chi connectivity index (χ0v) is 11.2. The third kappa shape index (κ3) is 4.10. The van der Waals surface area contributed by atoms with E-state index in [2.05, 4.69) is 9.84 Å².